The van der Waals surface area contributed by atoms with Crippen molar-refractivity contribution < 1.29 is 23.1 Å². The summed E-state index contributed by atoms with van der Waals surface area (Å²) < 4.78 is 32.1. The summed E-state index contributed by atoms with van der Waals surface area (Å²) in [6, 6.07) is 11.0. The number of carbonyl (C=O) groups is 1. The van der Waals surface area contributed by atoms with Crippen LogP contribution in [0.1, 0.15) is 31.1 Å². The van der Waals surface area contributed by atoms with Crippen LogP contribution in [-0.2, 0) is 14.8 Å². The molecule has 0 aliphatic rings. The van der Waals surface area contributed by atoms with Gasteiger partial charge in [0.2, 0.25) is 5.88 Å². The van der Waals surface area contributed by atoms with Gasteiger partial charge in [0, 0.05) is 5.02 Å². The zero-order valence-corrected chi connectivity index (χ0v) is 17.9. The Labute approximate surface area is 178 Å². The standard InChI is InChI=1S/C20H19ClN2O6S/c1-20(2,3)29-18(25)13-4-8-15(9-5-13)22-12-17(24)23(19(22)26)30(27,28)16-10-6-14(21)7-11-16/h4-12,24H,1-3H3. The summed E-state index contributed by atoms with van der Waals surface area (Å²) in [5.41, 5.74) is -1.13. The van der Waals surface area contributed by atoms with Crippen molar-refractivity contribution >= 4 is 27.6 Å². The van der Waals surface area contributed by atoms with E-state index in [0.29, 0.717) is 5.02 Å². The summed E-state index contributed by atoms with van der Waals surface area (Å²) in [6.07, 6.45) is 0.984. The van der Waals surface area contributed by atoms with Crippen molar-refractivity contribution in [2.24, 2.45) is 0 Å². The maximum Gasteiger partial charge on any atom is 0.350 e. The maximum atomic E-state index is 12.8. The first kappa shape index (κ1) is 21.7. The average Bonchev–Trinajstić information content (AvgIpc) is 2.95. The number of imidazole rings is 1. The largest absolute Gasteiger partial charge is 0.493 e. The van der Waals surface area contributed by atoms with Crippen molar-refractivity contribution in [3.05, 3.63) is 75.8 Å². The number of aromatic nitrogens is 2. The zero-order chi connectivity index (χ0) is 22.3. The Morgan fingerprint density at radius 1 is 1.03 bits per heavy atom. The Morgan fingerprint density at radius 3 is 2.13 bits per heavy atom. The topological polar surface area (TPSA) is 108 Å². The highest BCUT2D eigenvalue weighted by molar-refractivity contribution is 7.90. The lowest BCUT2D eigenvalue weighted by molar-refractivity contribution is 0.00695. The zero-order valence-electron chi connectivity index (χ0n) is 16.4. The summed E-state index contributed by atoms with van der Waals surface area (Å²) in [5.74, 6) is -1.29. The van der Waals surface area contributed by atoms with Gasteiger partial charge in [0.1, 0.15) is 5.60 Å². The molecule has 1 N–H and O–H groups in total. The Bertz CT molecular complexity index is 1250. The second kappa shape index (κ2) is 7.66. The maximum absolute atomic E-state index is 12.8. The molecular weight excluding hydrogens is 432 g/mol. The number of benzene rings is 2. The molecule has 0 bridgehead atoms. The lowest BCUT2D eigenvalue weighted by atomic mass is 10.1. The van der Waals surface area contributed by atoms with E-state index < -0.39 is 33.2 Å². The summed E-state index contributed by atoms with van der Waals surface area (Å²) in [7, 11) is -4.35. The lowest BCUT2D eigenvalue weighted by Gasteiger charge is -2.19. The van der Waals surface area contributed by atoms with E-state index in [0.717, 1.165) is 10.8 Å². The minimum atomic E-state index is -4.35. The third-order valence-corrected chi connectivity index (χ3v) is 5.91. The third kappa shape index (κ3) is 4.27. The Hall–Kier alpha value is -3.04. The Balaban J connectivity index is 1.99. The summed E-state index contributed by atoms with van der Waals surface area (Å²) in [6.45, 7) is 5.22. The summed E-state index contributed by atoms with van der Waals surface area (Å²) in [4.78, 5) is 24.7. The van der Waals surface area contributed by atoms with Crippen molar-refractivity contribution in [3.8, 4) is 11.6 Å². The van der Waals surface area contributed by atoms with E-state index in [1.165, 1.54) is 48.5 Å². The van der Waals surface area contributed by atoms with Gasteiger partial charge in [-0.1, -0.05) is 11.6 Å². The first-order valence-corrected chi connectivity index (χ1v) is 10.6. The molecule has 0 fully saturated rings. The predicted octanol–water partition coefficient (Wildman–Crippen LogP) is 3.19. The van der Waals surface area contributed by atoms with E-state index in [1.807, 2.05) is 0 Å². The van der Waals surface area contributed by atoms with Gasteiger partial charge in [-0.3, -0.25) is 4.57 Å². The minimum absolute atomic E-state index is 0.206. The third-order valence-electron chi connectivity index (χ3n) is 3.96. The van der Waals surface area contributed by atoms with Crippen LogP contribution in [0.15, 0.2) is 64.4 Å². The van der Waals surface area contributed by atoms with Crippen LogP contribution in [-0.4, -0.2) is 33.6 Å². The number of carbonyl (C=O) groups excluding carboxylic acids is 1. The van der Waals surface area contributed by atoms with Gasteiger partial charge in [-0.15, -0.1) is 3.97 Å². The van der Waals surface area contributed by atoms with E-state index in [2.05, 4.69) is 0 Å². The van der Waals surface area contributed by atoms with E-state index in [4.69, 9.17) is 16.3 Å². The molecule has 0 aliphatic heterocycles. The number of ether oxygens (including phenoxy) is 1. The number of rotatable bonds is 4. The number of hydrogen-bond donors (Lipinski definition) is 1. The van der Waals surface area contributed by atoms with Crippen molar-refractivity contribution in [1.29, 1.82) is 0 Å². The van der Waals surface area contributed by atoms with Crippen molar-refractivity contribution in [1.82, 2.24) is 8.54 Å². The molecule has 0 radical (unpaired) electrons. The summed E-state index contributed by atoms with van der Waals surface area (Å²) in [5, 5.41) is 10.5. The number of hydrogen-bond acceptors (Lipinski definition) is 6. The molecular formula is C20H19ClN2O6S. The SMILES string of the molecule is CC(C)(C)OC(=O)c1ccc(-n2cc(O)n(S(=O)(=O)c3ccc(Cl)cc3)c2=O)cc1. The summed E-state index contributed by atoms with van der Waals surface area (Å²) >= 11 is 5.78. The molecule has 1 aromatic heterocycles. The van der Waals surface area contributed by atoms with Gasteiger partial charge in [0.25, 0.3) is 10.0 Å². The number of nitrogens with zero attached hydrogens (tertiary/aromatic N) is 2. The Kier molecular flexibility index (Phi) is 5.53. The second-order valence-corrected chi connectivity index (χ2v) is 9.64. The molecule has 158 valence electrons. The van der Waals surface area contributed by atoms with Gasteiger partial charge in [0.15, 0.2) is 0 Å². The van der Waals surface area contributed by atoms with Gasteiger partial charge >= 0.3 is 11.7 Å². The minimum Gasteiger partial charge on any atom is -0.493 e. The molecule has 0 aliphatic carbocycles. The van der Waals surface area contributed by atoms with Gasteiger partial charge in [-0.25, -0.2) is 18.0 Å². The molecule has 0 unspecified atom stereocenters. The van der Waals surface area contributed by atoms with Crippen LogP contribution in [0.5, 0.6) is 5.88 Å². The van der Waals surface area contributed by atoms with Crippen molar-refractivity contribution in [2.45, 2.75) is 31.3 Å². The van der Waals surface area contributed by atoms with Crippen LogP contribution in [0.4, 0.5) is 0 Å². The fourth-order valence-electron chi connectivity index (χ4n) is 2.64. The molecule has 0 atom stereocenters. The highest BCUT2D eigenvalue weighted by Gasteiger charge is 2.26. The predicted molar refractivity (Wildman–Crippen MR) is 111 cm³/mol. The number of aromatic hydroxyl groups is 1. The first-order chi connectivity index (χ1) is 13.9. The molecule has 1 heterocycles. The molecule has 0 spiro atoms. The average molecular weight is 451 g/mol. The molecule has 0 saturated heterocycles. The van der Waals surface area contributed by atoms with Gasteiger partial charge in [-0.2, -0.15) is 0 Å². The van der Waals surface area contributed by atoms with Crippen molar-refractivity contribution in [2.75, 3.05) is 0 Å². The normalized spacial score (nSPS) is 12.0. The molecule has 0 saturated carbocycles. The molecule has 8 nitrogen and oxygen atoms in total. The second-order valence-electron chi connectivity index (χ2n) is 7.41. The highest BCUT2D eigenvalue weighted by atomic mass is 35.5. The monoisotopic (exact) mass is 450 g/mol. The fourth-order valence-corrected chi connectivity index (χ4v) is 4.04. The van der Waals surface area contributed by atoms with Crippen LogP contribution in [0.2, 0.25) is 5.02 Å². The lowest BCUT2D eigenvalue weighted by Crippen LogP contribution is -2.28. The molecule has 0 amide bonds. The molecule has 30 heavy (non-hydrogen) atoms. The highest BCUT2D eigenvalue weighted by Crippen LogP contribution is 2.21. The van der Waals surface area contributed by atoms with Crippen LogP contribution < -0.4 is 5.69 Å². The van der Waals surface area contributed by atoms with Gasteiger partial charge in [-0.05, 0) is 69.3 Å². The fraction of sp³-hybridized carbons (Fsp3) is 0.200. The van der Waals surface area contributed by atoms with Crippen LogP contribution in [0, 0.1) is 0 Å². The first-order valence-electron chi connectivity index (χ1n) is 8.78. The van der Waals surface area contributed by atoms with E-state index in [1.54, 1.807) is 20.8 Å². The molecule has 10 heteroatoms. The van der Waals surface area contributed by atoms with Crippen molar-refractivity contribution in [3.63, 3.8) is 0 Å². The van der Waals surface area contributed by atoms with Crippen LogP contribution >= 0.6 is 11.6 Å². The molecule has 3 aromatic rings. The Morgan fingerprint density at radius 2 is 1.60 bits per heavy atom. The number of halogens is 1. The van der Waals surface area contributed by atoms with E-state index in [-0.39, 0.29) is 20.1 Å². The smallest absolute Gasteiger partial charge is 0.350 e. The molecule has 3 rings (SSSR count). The van der Waals surface area contributed by atoms with Gasteiger partial charge in [0.05, 0.1) is 22.3 Å². The quantitative estimate of drug-likeness (QED) is 0.611. The molecule has 2 aromatic carbocycles. The van der Waals surface area contributed by atoms with Crippen LogP contribution in [0.3, 0.4) is 0 Å². The van der Waals surface area contributed by atoms with Gasteiger partial charge < -0.3 is 9.84 Å². The number of esters is 1. The van der Waals surface area contributed by atoms with E-state index in [9.17, 15) is 23.1 Å². The van der Waals surface area contributed by atoms with E-state index >= 15 is 0 Å². The van der Waals surface area contributed by atoms with Crippen LogP contribution in [0.25, 0.3) is 5.69 Å².